The van der Waals surface area contributed by atoms with Crippen molar-refractivity contribution in [2.75, 3.05) is 18.2 Å². The van der Waals surface area contributed by atoms with Gasteiger partial charge < -0.3 is 0 Å². The number of sulfonamides is 1. The number of hydrogen-bond acceptors (Lipinski definition) is 2. The summed E-state index contributed by atoms with van der Waals surface area (Å²) in [5.41, 5.74) is 0. The summed E-state index contributed by atoms with van der Waals surface area (Å²) in [5, 5.41) is 0. The molecule has 5 heteroatoms. The summed E-state index contributed by atoms with van der Waals surface area (Å²) in [6, 6.07) is 0.0455. The zero-order valence-electron chi connectivity index (χ0n) is 8.86. The minimum atomic E-state index is -3.03. The van der Waals surface area contributed by atoms with E-state index in [2.05, 4.69) is 0 Å². The molecule has 0 radical (unpaired) electrons. The van der Waals surface area contributed by atoms with Gasteiger partial charge in [0.1, 0.15) is 0 Å². The third kappa shape index (κ3) is 2.86. The Kier molecular flexibility index (Phi) is 3.58. The molecule has 1 aliphatic carbocycles. The van der Waals surface area contributed by atoms with Crippen LogP contribution in [0.1, 0.15) is 32.1 Å². The fraction of sp³-hybridized carbons (Fsp3) is 1.00. The fourth-order valence-corrected chi connectivity index (χ4v) is 4.74. The molecule has 3 nitrogen and oxygen atoms in total. The van der Waals surface area contributed by atoms with Gasteiger partial charge in [-0.3, -0.25) is 0 Å². The van der Waals surface area contributed by atoms with Crippen molar-refractivity contribution in [3.8, 4) is 0 Å². The minimum absolute atomic E-state index is 0.0455. The van der Waals surface area contributed by atoms with E-state index in [4.69, 9.17) is 11.6 Å². The minimum Gasteiger partial charge on any atom is -0.212 e. The first kappa shape index (κ1) is 11.7. The number of piperidine rings is 1. The molecule has 0 spiro atoms. The molecule has 1 heterocycles. The first-order chi connectivity index (χ1) is 7.13. The largest absolute Gasteiger partial charge is 0.214 e. The molecule has 1 unspecified atom stereocenters. The Hall–Kier alpha value is 0.200. The van der Waals surface area contributed by atoms with E-state index >= 15 is 0 Å². The molecule has 2 fully saturated rings. The molecule has 1 saturated carbocycles. The number of nitrogens with zero attached hydrogens (tertiary/aromatic N) is 1. The average molecular weight is 252 g/mol. The van der Waals surface area contributed by atoms with Gasteiger partial charge in [-0.2, -0.15) is 4.31 Å². The molecular weight excluding hydrogens is 234 g/mol. The highest BCUT2D eigenvalue weighted by Gasteiger charge is 2.36. The van der Waals surface area contributed by atoms with Crippen molar-refractivity contribution in [3.05, 3.63) is 0 Å². The zero-order valence-corrected chi connectivity index (χ0v) is 10.4. The second-order valence-corrected chi connectivity index (χ2v) is 6.91. The molecule has 0 bridgehead atoms. The molecule has 0 aromatic rings. The van der Waals surface area contributed by atoms with Crippen LogP contribution >= 0.6 is 11.6 Å². The topological polar surface area (TPSA) is 37.4 Å². The van der Waals surface area contributed by atoms with Crippen molar-refractivity contribution >= 4 is 21.6 Å². The molecule has 0 aromatic carbocycles. The van der Waals surface area contributed by atoms with Crippen LogP contribution in [0.3, 0.4) is 0 Å². The maximum absolute atomic E-state index is 12.1. The van der Waals surface area contributed by atoms with Gasteiger partial charge in [-0.15, -0.1) is 11.6 Å². The molecule has 0 N–H and O–H groups in total. The van der Waals surface area contributed by atoms with Gasteiger partial charge in [-0.25, -0.2) is 8.42 Å². The number of rotatable bonds is 4. The highest BCUT2D eigenvalue weighted by molar-refractivity contribution is 7.89. The van der Waals surface area contributed by atoms with Crippen LogP contribution < -0.4 is 0 Å². The number of alkyl halides is 1. The quantitative estimate of drug-likeness (QED) is 0.715. The SMILES string of the molecule is O=S(=O)(CC1CC1)N1CCCCC1CCl. The predicted octanol–water partition coefficient (Wildman–Crippen LogP) is 1.82. The maximum Gasteiger partial charge on any atom is 0.214 e. The third-order valence-electron chi connectivity index (χ3n) is 3.25. The second kappa shape index (κ2) is 4.60. The van der Waals surface area contributed by atoms with Crippen molar-refractivity contribution < 1.29 is 8.42 Å². The predicted molar refractivity (Wildman–Crippen MR) is 61.6 cm³/mol. The van der Waals surface area contributed by atoms with Crippen LogP contribution in [0.2, 0.25) is 0 Å². The summed E-state index contributed by atoms with van der Waals surface area (Å²) in [4.78, 5) is 0. The van der Waals surface area contributed by atoms with Crippen molar-refractivity contribution in [3.63, 3.8) is 0 Å². The normalized spacial score (nSPS) is 29.3. The molecule has 2 rings (SSSR count). The Morgan fingerprint density at radius 1 is 1.20 bits per heavy atom. The first-order valence-corrected chi connectivity index (χ1v) is 7.83. The average Bonchev–Trinajstić information content (AvgIpc) is 3.01. The van der Waals surface area contributed by atoms with E-state index in [0.29, 0.717) is 24.1 Å². The Labute approximate surface area is 96.8 Å². The number of hydrogen-bond donors (Lipinski definition) is 0. The lowest BCUT2D eigenvalue weighted by Crippen LogP contribution is -2.45. The van der Waals surface area contributed by atoms with Crippen molar-refractivity contribution in [1.29, 1.82) is 0 Å². The summed E-state index contributed by atoms with van der Waals surface area (Å²) in [7, 11) is -3.03. The maximum atomic E-state index is 12.1. The van der Waals surface area contributed by atoms with Crippen LogP contribution in [0.15, 0.2) is 0 Å². The van der Waals surface area contributed by atoms with Crippen LogP contribution in [0.25, 0.3) is 0 Å². The number of halogens is 1. The van der Waals surface area contributed by atoms with E-state index in [1.807, 2.05) is 0 Å². The Bertz CT molecular complexity index is 313. The smallest absolute Gasteiger partial charge is 0.212 e. The Morgan fingerprint density at radius 2 is 1.93 bits per heavy atom. The van der Waals surface area contributed by atoms with Crippen LogP contribution in [-0.4, -0.2) is 36.9 Å². The zero-order chi connectivity index (χ0) is 10.9. The molecule has 88 valence electrons. The molecule has 1 aliphatic heterocycles. The summed E-state index contributed by atoms with van der Waals surface area (Å²) in [6.07, 6.45) is 5.18. The standard InChI is InChI=1S/C10H18ClNO2S/c11-7-10-3-1-2-6-12(10)15(13,14)8-9-4-5-9/h9-10H,1-8H2. The van der Waals surface area contributed by atoms with Crippen LogP contribution in [0, 0.1) is 5.92 Å². The van der Waals surface area contributed by atoms with Gasteiger partial charge in [0.05, 0.1) is 5.75 Å². The fourth-order valence-electron chi connectivity index (χ4n) is 2.17. The summed E-state index contributed by atoms with van der Waals surface area (Å²) >= 11 is 5.83. The van der Waals surface area contributed by atoms with Gasteiger partial charge in [0.25, 0.3) is 0 Å². The van der Waals surface area contributed by atoms with Gasteiger partial charge in [0, 0.05) is 18.5 Å². The van der Waals surface area contributed by atoms with Crippen LogP contribution in [0.5, 0.6) is 0 Å². The van der Waals surface area contributed by atoms with Crippen molar-refractivity contribution in [2.24, 2.45) is 5.92 Å². The highest BCUT2D eigenvalue weighted by Crippen LogP contribution is 2.32. The summed E-state index contributed by atoms with van der Waals surface area (Å²) < 4.78 is 25.8. The summed E-state index contributed by atoms with van der Waals surface area (Å²) in [6.45, 7) is 0.673. The van der Waals surface area contributed by atoms with Crippen molar-refractivity contribution in [2.45, 2.75) is 38.1 Å². The first-order valence-electron chi connectivity index (χ1n) is 5.69. The van der Waals surface area contributed by atoms with E-state index < -0.39 is 10.0 Å². The molecule has 0 aromatic heterocycles. The highest BCUT2D eigenvalue weighted by atomic mass is 35.5. The van der Waals surface area contributed by atoms with Crippen molar-refractivity contribution in [1.82, 2.24) is 4.31 Å². The van der Waals surface area contributed by atoms with E-state index in [1.165, 1.54) is 0 Å². The second-order valence-electron chi connectivity index (χ2n) is 4.64. The Balaban J connectivity index is 2.04. The van der Waals surface area contributed by atoms with Gasteiger partial charge in [0.15, 0.2) is 0 Å². The molecule has 1 saturated heterocycles. The van der Waals surface area contributed by atoms with E-state index in [-0.39, 0.29) is 6.04 Å². The molecule has 1 atom stereocenters. The lowest BCUT2D eigenvalue weighted by atomic mass is 10.1. The van der Waals surface area contributed by atoms with E-state index in [1.54, 1.807) is 4.31 Å². The lowest BCUT2D eigenvalue weighted by molar-refractivity contribution is 0.271. The monoisotopic (exact) mass is 251 g/mol. The lowest BCUT2D eigenvalue weighted by Gasteiger charge is -2.33. The van der Waals surface area contributed by atoms with Crippen LogP contribution in [-0.2, 0) is 10.0 Å². The van der Waals surface area contributed by atoms with Crippen LogP contribution in [0.4, 0.5) is 0 Å². The van der Waals surface area contributed by atoms with Gasteiger partial charge in [-0.1, -0.05) is 6.42 Å². The van der Waals surface area contributed by atoms with E-state index in [9.17, 15) is 8.42 Å². The van der Waals surface area contributed by atoms with Gasteiger partial charge in [0.2, 0.25) is 10.0 Å². The van der Waals surface area contributed by atoms with E-state index in [0.717, 1.165) is 32.1 Å². The Morgan fingerprint density at radius 3 is 2.53 bits per heavy atom. The molecule has 0 amide bonds. The van der Waals surface area contributed by atoms with Gasteiger partial charge in [-0.05, 0) is 31.6 Å². The third-order valence-corrected chi connectivity index (χ3v) is 5.70. The molecular formula is C10H18ClNO2S. The summed E-state index contributed by atoms with van der Waals surface area (Å²) in [5.74, 6) is 1.21. The molecule has 15 heavy (non-hydrogen) atoms. The molecule has 2 aliphatic rings. The van der Waals surface area contributed by atoms with Gasteiger partial charge >= 0.3 is 0 Å².